The number of nitrogens with one attached hydrogen (secondary N) is 1. The van der Waals surface area contributed by atoms with Gasteiger partial charge in [0.25, 0.3) is 0 Å². The van der Waals surface area contributed by atoms with Gasteiger partial charge in [0, 0.05) is 0 Å². The number of aromatic nitrogens is 4. The van der Waals surface area contributed by atoms with Crippen molar-refractivity contribution in [3.05, 3.63) is 11.5 Å². The fraction of sp³-hybridized carbons (Fsp3) is 0.167. The van der Waals surface area contributed by atoms with Crippen molar-refractivity contribution in [2.75, 3.05) is 6.26 Å². The number of nitrogens with zero attached hydrogens (tertiary/aromatic N) is 3. The van der Waals surface area contributed by atoms with Gasteiger partial charge in [0.05, 0.1) is 11.6 Å². The van der Waals surface area contributed by atoms with Crippen molar-refractivity contribution in [2.45, 2.75) is 5.03 Å². The van der Waals surface area contributed by atoms with Gasteiger partial charge in [0.1, 0.15) is 5.03 Å². The van der Waals surface area contributed by atoms with E-state index < -0.39 is 0 Å². The lowest BCUT2D eigenvalue weighted by molar-refractivity contribution is 1.07. The van der Waals surface area contributed by atoms with E-state index in [-0.39, 0.29) is 5.28 Å². The summed E-state index contributed by atoms with van der Waals surface area (Å²) in [6.45, 7) is 0. The number of fused-ring (bicyclic) bond motifs is 1. The topological polar surface area (TPSA) is 54.5 Å². The fourth-order valence-electron chi connectivity index (χ4n) is 0.938. The molecule has 2 aromatic heterocycles. The average molecular weight is 201 g/mol. The third kappa shape index (κ3) is 1.15. The number of hydrogen-bond donors (Lipinski definition) is 1. The Morgan fingerprint density at radius 3 is 3.08 bits per heavy atom. The van der Waals surface area contributed by atoms with Crippen LogP contribution < -0.4 is 0 Å². The molecule has 0 aliphatic rings. The molecule has 0 radical (unpaired) electrons. The summed E-state index contributed by atoms with van der Waals surface area (Å²) in [6.07, 6.45) is 3.63. The first-order valence-corrected chi connectivity index (χ1v) is 4.82. The summed E-state index contributed by atoms with van der Waals surface area (Å²) in [6, 6.07) is 0. The second-order valence-electron chi connectivity index (χ2n) is 2.13. The van der Waals surface area contributed by atoms with Gasteiger partial charge in [-0.05, 0) is 17.9 Å². The first-order valence-electron chi connectivity index (χ1n) is 3.22. The van der Waals surface area contributed by atoms with Crippen molar-refractivity contribution in [3.63, 3.8) is 0 Å². The summed E-state index contributed by atoms with van der Waals surface area (Å²) in [7, 11) is 0. The summed E-state index contributed by atoms with van der Waals surface area (Å²) >= 11 is 7.20. The molecule has 12 heavy (non-hydrogen) atoms. The van der Waals surface area contributed by atoms with Crippen LogP contribution in [-0.2, 0) is 0 Å². The molecule has 0 aromatic carbocycles. The maximum atomic E-state index is 5.68. The van der Waals surface area contributed by atoms with Gasteiger partial charge in [0.2, 0.25) is 5.28 Å². The van der Waals surface area contributed by atoms with Gasteiger partial charge in [-0.15, -0.1) is 11.8 Å². The molecule has 2 aromatic rings. The van der Waals surface area contributed by atoms with Gasteiger partial charge < -0.3 is 0 Å². The van der Waals surface area contributed by atoms with Crippen molar-refractivity contribution in [1.82, 2.24) is 20.2 Å². The van der Waals surface area contributed by atoms with Crippen LogP contribution >= 0.6 is 23.4 Å². The number of halogens is 1. The highest BCUT2D eigenvalue weighted by atomic mass is 35.5. The first kappa shape index (κ1) is 7.82. The molecule has 0 atom stereocenters. The summed E-state index contributed by atoms with van der Waals surface area (Å²) in [5.74, 6) is 0. The Labute approximate surface area is 77.7 Å². The zero-order chi connectivity index (χ0) is 8.55. The van der Waals surface area contributed by atoms with Crippen LogP contribution in [0.25, 0.3) is 11.0 Å². The lowest BCUT2D eigenvalue weighted by atomic mass is 10.4. The molecule has 0 aliphatic heterocycles. The fourth-order valence-corrected chi connectivity index (χ4v) is 1.70. The molecule has 0 unspecified atom stereocenters. The van der Waals surface area contributed by atoms with Crippen molar-refractivity contribution in [3.8, 4) is 0 Å². The smallest absolute Gasteiger partial charge is 0.225 e. The van der Waals surface area contributed by atoms with Crippen molar-refractivity contribution >= 4 is 34.4 Å². The van der Waals surface area contributed by atoms with Crippen LogP contribution in [0.4, 0.5) is 0 Å². The van der Waals surface area contributed by atoms with Crippen LogP contribution in [0.1, 0.15) is 0 Å². The minimum Gasteiger partial charge on any atom is -0.261 e. The molecular formula is C6H5ClN4S. The predicted molar refractivity (Wildman–Crippen MR) is 48.5 cm³/mol. The zero-order valence-electron chi connectivity index (χ0n) is 6.21. The van der Waals surface area contributed by atoms with Crippen LogP contribution in [0.3, 0.4) is 0 Å². The standard InChI is InChI=1S/C6H5ClN4S/c1-12-5-3-2-8-11-4(3)9-6(7)10-5/h2H,1H3,(H,8,9,10,11). The normalized spacial score (nSPS) is 10.8. The summed E-state index contributed by atoms with van der Waals surface area (Å²) in [5, 5.41) is 8.59. The van der Waals surface area contributed by atoms with Gasteiger partial charge in [0.15, 0.2) is 5.65 Å². The van der Waals surface area contributed by atoms with Crippen LogP contribution in [0.2, 0.25) is 5.28 Å². The number of hydrogen-bond acceptors (Lipinski definition) is 4. The molecule has 0 fully saturated rings. The van der Waals surface area contributed by atoms with E-state index in [1.807, 2.05) is 6.26 Å². The molecule has 0 saturated heterocycles. The Morgan fingerprint density at radius 1 is 1.50 bits per heavy atom. The van der Waals surface area contributed by atoms with E-state index in [1.54, 1.807) is 6.20 Å². The van der Waals surface area contributed by atoms with Crippen molar-refractivity contribution in [1.29, 1.82) is 0 Å². The largest absolute Gasteiger partial charge is 0.261 e. The molecule has 0 aliphatic carbocycles. The van der Waals surface area contributed by atoms with Gasteiger partial charge in [-0.2, -0.15) is 10.1 Å². The Balaban J connectivity index is 2.80. The van der Waals surface area contributed by atoms with E-state index >= 15 is 0 Å². The molecule has 1 N–H and O–H groups in total. The highest BCUT2D eigenvalue weighted by Gasteiger charge is 2.06. The molecule has 6 heteroatoms. The second kappa shape index (κ2) is 2.91. The van der Waals surface area contributed by atoms with E-state index in [9.17, 15) is 0 Å². The predicted octanol–water partition coefficient (Wildman–Crippen LogP) is 1.73. The maximum Gasteiger partial charge on any atom is 0.225 e. The van der Waals surface area contributed by atoms with E-state index in [4.69, 9.17) is 11.6 Å². The number of aromatic amines is 1. The molecule has 0 bridgehead atoms. The third-order valence-corrected chi connectivity index (χ3v) is 2.31. The third-order valence-electron chi connectivity index (χ3n) is 1.44. The van der Waals surface area contributed by atoms with Gasteiger partial charge in [-0.3, -0.25) is 5.10 Å². The van der Waals surface area contributed by atoms with Crippen LogP contribution in [0, 0.1) is 0 Å². The Morgan fingerprint density at radius 2 is 2.33 bits per heavy atom. The minimum absolute atomic E-state index is 0.246. The molecule has 62 valence electrons. The highest BCUT2D eigenvalue weighted by molar-refractivity contribution is 7.98. The summed E-state index contributed by atoms with van der Waals surface area (Å²) < 4.78 is 0. The van der Waals surface area contributed by atoms with E-state index in [1.165, 1.54) is 11.8 Å². The molecular weight excluding hydrogens is 196 g/mol. The first-order chi connectivity index (χ1) is 5.81. The monoisotopic (exact) mass is 200 g/mol. The van der Waals surface area contributed by atoms with E-state index in [0.29, 0.717) is 5.65 Å². The molecule has 4 nitrogen and oxygen atoms in total. The molecule has 0 saturated carbocycles. The SMILES string of the molecule is CSc1nc(Cl)nc2[nH]ncc12. The Kier molecular flexibility index (Phi) is 1.90. The zero-order valence-corrected chi connectivity index (χ0v) is 7.78. The van der Waals surface area contributed by atoms with E-state index in [0.717, 1.165) is 10.4 Å². The van der Waals surface area contributed by atoms with Gasteiger partial charge >= 0.3 is 0 Å². The maximum absolute atomic E-state index is 5.68. The van der Waals surface area contributed by atoms with Crippen molar-refractivity contribution < 1.29 is 0 Å². The van der Waals surface area contributed by atoms with Crippen LogP contribution in [0.15, 0.2) is 11.2 Å². The van der Waals surface area contributed by atoms with Crippen LogP contribution in [-0.4, -0.2) is 26.4 Å². The molecule has 0 spiro atoms. The highest BCUT2D eigenvalue weighted by Crippen LogP contribution is 2.22. The summed E-state index contributed by atoms with van der Waals surface area (Å²) in [4.78, 5) is 8.02. The van der Waals surface area contributed by atoms with Crippen molar-refractivity contribution in [2.24, 2.45) is 0 Å². The lowest BCUT2D eigenvalue weighted by Gasteiger charge is -1.96. The Hall–Kier alpha value is -0.810. The minimum atomic E-state index is 0.246. The second-order valence-corrected chi connectivity index (χ2v) is 3.27. The van der Waals surface area contributed by atoms with Gasteiger partial charge in [-0.1, -0.05) is 0 Å². The van der Waals surface area contributed by atoms with E-state index in [2.05, 4.69) is 20.2 Å². The summed E-state index contributed by atoms with van der Waals surface area (Å²) in [5.41, 5.74) is 0.680. The number of H-pyrrole nitrogens is 1. The molecule has 0 amide bonds. The molecule has 2 rings (SSSR count). The quantitative estimate of drug-likeness (QED) is 0.433. The lowest BCUT2D eigenvalue weighted by Crippen LogP contribution is -1.86. The number of thioether (sulfide) groups is 1. The average Bonchev–Trinajstić information content (AvgIpc) is 2.50. The number of rotatable bonds is 1. The van der Waals surface area contributed by atoms with Crippen LogP contribution in [0.5, 0.6) is 0 Å². The molecule has 2 heterocycles. The Bertz CT molecular complexity index is 413. The van der Waals surface area contributed by atoms with Gasteiger partial charge in [-0.25, -0.2) is 4.98 Å².